The van der Waals surface area contributed by atoms with Crippen molar-refractivity contribution in [1.29, 1.82) is 0 Å². The molecule has 3 fully saturated rings. The second-order valence-corrected chi connectivity index (χ2v) is 7.48. The van der Waals surface area contributed by atoms with Crippen molar-refractivity contribution in [3.63, 3.8) is 0 Å². The standard InChI is InChI=1S/C19H18ClF3N2O2/c20-14-2-1-12(19(21,22)23)9-13(14)16-3-4-17(27-16)18(26)24-15-10-25-7-5-11(15)6-8-25/h1-4,9,11,15H,5-8,10H2,(H,24,26). The molecule has 1 amide bonds. The molecule has 8 heteroatoms. The van der Waals surface area contributed by atoms with Crippen LogP contribution in [0.5, 0.6) is 0 Å². The maximum atomic E-state index is 12.9. The molecule has 1 atom stereocenters. The minimum atomic E-state index is -4.48. The van der Waals surface area contributed by atoms with E-state index in [4.69, 9.17) is 16.0 Å². The number of rotatable bonds is 3. The van der Waals surface area contributed by atoms with Crippen LogP contribution in [0.2, 0.25) is 5.02 Å². The Morgan fingerprint density at radius 3 is 2.56 bits per heavy atom. The first-order valence-corrected chi connectivity index (χ1v) is 9.19. The summed E-state index contributed by atoms with van der Waals surface area (Å²) >= 11 is 6.03. The zero-order valence-electron chi connectivity index (χ0n) is 14.4. The molecular formula is C19H18ClF3N2O2. The fraction of sp³-hybridized carbons (Fsp3) is 0.421. The van der Waals surface area contributed by atoms with E-state index in [1.54, 1.807) is 0 Å². The number of halogens is 4. The molecule has 5 rings (SSSR count). The van der Waals surface area contributed by atoms with E-state index in [9.17, 15) is 18.0 Å². The van der Waals surface area contributed by atoms with Crippen LogP contribution in [0, 0.1) is 5.92 Å². The van der Waals surface area contributed by atoms with Gasteiger partial charge in [-0.05, 0) is 62.2 Å². The van der Waals surface area contributed by atoms with Gasteiger partial charge in [0.15, 0.2) is 5.76 Å². The van der Waals surface area contributed by atoms with Crippen LogP contribution in [-0.4, -0.2) is 36.5 Å². The zero-order chi connectivity index (χ0) is 19.2. The molecular weight excluding hydrogens is 381 g/mol. The number of benzene rings is 1. The third-order valence-corrected chi connectivity index (χ3v) is 5.69. The number of alkyl halides is 3. The minimum absolute atomic E-state index is 0.0647. The van der Waals surface area contributed by atoms with Crippen molar-refractivity contribution in [3.05, 3.63) is 46.7 Å². The molecule has 27 heavy (non-hydrogen) atoms. The lowest BCUT2D eigenvalue weighted by molar-refractivity contribution is -0.137. The van der Waals surface area contributed by atoms with Crippen molar-refractivity contribution < 1.29 is 22.4 Å². The van der Waals surface area contributed by atoms with E-state index < -0.39 is 11.7 Å². The highest BCUT2D eigenvalue weighted by Gasteiger charge is 2.35. The average Bonchev–Trinajstić information content (AvgIpc) is 3.12. The number of furan rings is 1. The Morgan fingerprint density at radius 1 is 1.19 bits per heavy atom. The monoisotopic (exact) mass is 398 g/mol. The molecule has 1 N–H and O–H groups in total. The fourth-order valence-electron chi connectivity index (χ4n) is 3.86. The predicted molar refractivity (Wildman–Crippen MR) is 94.6 cm³/mol. The number of carbonyl (C=O) groups is 1. The van der Waals surface area contributed by atoms with Gasteiger partial charge in [-0.15, -0.1) is 0 Å². The fourth-order valence-corrected chi connectivity index (χ4v) is 4.07. The third-order valence-electron chi connectivity index (χ3n) is 5.36. The molecule has 4 heterocycles. The lowest BCUT2D eigenvalue weighted by atomic mass is 9.84. The normalized spacial score (nSPS) is 24.8. The van der Waals surface area contributed by atoms with Gasteiger partial charge in [0.25, 0.3) is 5.91 Å². The molecule has 4 nitrogen and oxygen atoms in total. The lowest BCUT2D eigenvalue weighted by Crippen LogP contribution is -2.57. The third kappa shape index (κ3) is 3.71. The zero-order valence-corrected chi connectivity index (χ0v) is 15.1. The number of hydrogen-bond donors (Lipinski definition) is 1. The van der Waals surface area contributed by atoms with Gasteiger partial charge in [-0.2, -0.15) is 13.2 Å². The van der Waals surface area contributed by atoms with Gasteiger partial charge in [-0.1, -0.05) is 11.6 Å². The van der Waals surface area contributed by atoms with Crippen LogP contribution in [0.4, 0.5) is 13.2 Å². The number of nitrogens with one attached hydrogen (secondary N) is 1. The molecule has 0 aliphatic carbocycles. The largest absolute Gasteiger partial charge is 0.451 e. The van der Waals surface area contributed by atoms with Crippen LogP contribution >= 0.6 is 11.6 Å². The number of hydrogen-bond acceptors (Lipinski definition) is 3. The maximum absolute atomic E-state index is 12.9. The molecule has 0 saturated carbocycles. The van der Waals surface area contributed by atoms with E-state index >= 15 is 0 Å². The van der Waals surface area contributed by atoms with E-state index in [2.05, 4.69) is 10.2 Å². The van der Waals surface area contributed by atoms with Crippen LogP contribution in [0.25, 0.3) is 11.3 Å². The van der Waals surface area contributed by atoms with Gasteiger partial charge < -0.3 is 14.6 Å². The summed E-state index contributed by atoms with van der Waals surface area (Å²) in [6.45, 7) is 2.95. The summed E-state index contributed by atoms with van der Waals surface area (Å²) in [4.78, 5) is 14.8. The first kappa shape index (κ1) is 18.4. The summed E-state index contributed by atoms with van der Waals surface area (Å²) in [6, 6.07) is 6.02. The molecule has 3 aliphatic heterocycles. The number of amides is 1. The minimum Gasteiger partial charge on any atom is -0.451 e. The van der Waals surface area contributed by atoms with Gasteiger partial charge in [0, 0.05) is 18.2 Å². The highest BCUT2D eigenvalue weighted by Crippen LogP contribution is 2.36. The van der Waals surface area contributed by atoms with Gasteiger partial charge >= 0.3 is 6.18 Å². The van der Waals surface area contributed by atoms with Gasteiger partial charge in [-0.25, -0.2) is 0 Å². The van der Waals surface area contributed by atoms with Crippen molar-refractivity contribution in [3.8, 4) is 11.3 Å². The summed E-state index contributed by atoms with van der Waals surface area (Å²) in [5.74, 6) is 0.300. The molecule has 0 radical (unpaired) electrons. The molecule has 2 bridgehead atoms. The highest BCUT2D eigenvalue weighted by atomic mass is 35.5. The Labute approximate surface area is 159 Å². The second kappa shape index (κ2) is 6.87. The molecule has 0 spiro atoms. The average molecular weight is 399 g/mol. The first-order chi connectivity index (χ1) is 12.8. The van der Waals surface area contributed by atoms with Gasteiger partial charge in [0.1, 0.15) is 5.76 Å². The Balaban J connectivity index is 1.52. The summed E-state index contributed by atoms with van der Waals surface area (Å²) in [6.07, 6.45) is -2.36. The molecule has 3 saturated heterocycles. The van der Waals surface area contributed by atoms with Crippen molar-refractivity contribution in [2.45, 2.75) is 25.1 Å². The van der Waals surface area contributed by atoms with Crippen molar-refractivity contribution in [2.24, 2.45) is 5.92 Å². The quantitative estimate of drug-likeness (QED) is 0.831. The highest BCUT2D eigenvalue weighted by molar-refractivity contribution is 6.33. The summed E-state index contributed by atoms with van der Waals surface area (Å²) in [5.41, 5.74) is -0.718. The predicted octanol–water partition coefficient (Wildman–Crippen LogP) is 4.44. The van der Waals surface area contributed by atoms with Gasteiger partial charge in [0.2, 0.25) is 0 Å². The molecule has 1 aromatic heterocycles. The Bertz CT molecular complexity index is 857. The maximum Gasteiger partial charge on any atom is 0.416 e. The first-order valence-electron chi connectivity index (χ1n) is 8.81. The van der Waals surface area contributed by atoms with Gasteiger partial charge in [0.05, 0.1) is 10.6 Å². The smallest absolute Gasteiger partial charge is 0.416 e. The van der Waals surface area contributed by atoms with Crippen LogP contribution in [0.1, 0.15) is 29.0 Å². The summed E-state index contributed by atoms with van der Waals surface area (Å²) in [5, 5.41) is 3.12. The van der Waals surface area contributed by atoms with Gasteiger partial charge in [-0.3, -0.25) is 4.79 Å². The van der Waals surface area contributed by atoms with Crippen LogP contribution in [0.15, 0.2) is 34.7 Å². The lowest BCUT2D eigenvalue weighted by Gasteiger charge is -2.44. The van der Waals surface area contributed by atoms with Crippen LogP contribution in [-0.2, 0) is 6.18 Å². The summed E-state index contributed by atoms with van der Waals surface area (Å²) in [7, 11) is 0. The molecule has 2 aromatic rings. The SMILES string of the molecule is O=C(NC1CN2CCC1CC2)c1ccc(-c2cc(C(F)(F)F)ccc2Cl)o1. The van der Waals surface area contributed by atoms with Crippen LogP contribution in [0.3, 0.4) is 0 Å². The number of fused-ring (bicyclic) bond motifs is 3. The Hall–Kier alpha value is -1.99. The Morgan fingerprint density at radius 2 is 1.93 bits per heavy atom. The van der Waals surface area contributed by atoms with E-state index in [0.29, 0.717) is 5.92 Å². The molecule has 1 unspecified atom stereocenters. The van der Waals surface area contributed by atoms with E-state index in [1.807, 2.05) is 0 Å². The topological polar surface area (TPSA) is 45.5 Å². The van der Waals surface area contributed by atoms with Crippen molar-refractivity contribution >= 4 is 17.5 Å². The number of carbonyl (C=O) groups excluding carboxylic acids is 1. The molecule has 3 aliphatic rings. The van der Waals surface area contributed by atoms with E-state index in [1.165, 1.54) is 18.2 Å². The van der Waals surface area contributed by atoms with Crippen molar-refractivity contribution in [1.82, 2.24) is 10.2 Å². The van der Waals surface area contributed by atoms with Crippen molar-refractivity contribution in [2.75, 3.05) is 19.6 Å². The number of piperidine rings is 3. The number of nitrogens with zero attached hydrogens (tertiary/aromatic N) is 1. The van der Waals surface area contributed by atoms with E-state index in [-0.39, 0.29) is 34.1 Å². The second-order valence-electron chi connectivity index (χ2n) is 7.07. The molecule has 144 valence electrons. The van der Waals surface area contributed by atoms with Crippen LogP contribution < -0.4 is 5.32 Å². The molecule has 1 aromatic carbocycles. The Kier molecular flexibility index (Phi) is 4.68. The van der Waals surface area contributed by atoms with E-state index in [0.717, 1.165) is 44.6 Å². The summed E-state index contributed by atoms with van der Waals surface area (Å²) < 4.78 is 44.3.